The lowest BCUT2D eigenvalue weighted by atomic mass is 9.94. The van der Waals surface area contributed by atoms with E-state index in [1.165, 1.54) is 13.0 Å². The highest BCUT2D eigenvalue weighted by Crippen LogP contribution is 2.27. The van der Waals surface area contributed by atoms with E-state index in [1.807, 2.05) is 0 Å². The number of aromatic nitrogens is 2. The predicted octanol–water partition coefficient (Wildman–Crippen LogP) is 3.22. The van der Waals surface area contributed by atoms with Crippen LogP contribution in [0, 0.1) is 11.7 Å². The Morgan fingerprint density at radius 2 is 1.97 bits per heavy atom. The quantitative estimate of drug-likeness (QED) is 0.386. The number of carbonyl (C=O) groups excluding carboxylic acids is 3. The van der Waals surface area contributed by atoms with E-state index in [1.54, 1.807) is 29.2 Å². The van der Waals surface area contributed by atoms with E-state index in [0.717, 1.165) is 24.5 Å². The molecule has 10 nitrogen and oxygen atoms in total. The average Bonchev–Trinajstić information content (AvgIpc) is 2.92. The molecule has 12 heteroatoms. The third kappa shape index (κ3) is 7.32. The summed E-state index contributed by atoms with van der Waals surface area (Å²) in [6, 6.07) is 9.44. The lowest BCUT2D eigenvalue weighted by Crippen LogP contribution is -2.40. The number of benzene rings is 2. The van der Waals surface area contributed by atoms with Gasteiger partial charge in [-0.15, -0.1) is 0 Å². The Bertz CT molecular complexity index is 1440. The molecule has 0 bridgehead atoms. The molecule has 39 heavy (non-hydrogen) atoms. The molecule has 0 atom stereocenters. The van der Waals surface area contributed by atoms with Crippen LogP contribution >= 0.6 is 11.6 Å². The number of hydrogen-bond acceptors (Lipinski definition) is 7. The van der Waals surface area contributed by atoms with Crippen LogP contribution in [0.1, 0.15) is 42.4 Å². The highest BCUT2D eigenvalue weighted by molar-refractivity contribution is 6.30. The van der Waals surface area contributed by atoms with Crippen LogP contribution in [0.5, 0.6) is 5.75 Å². The van der Waals surface area contributed by atoms with E-state index in [9.17, 15) is 23.6 Å². The van der Waals surface area contributed by atoms with Crippen molar-refractivity contribution in [2.24, 2.45) is 5.92 Å². The summed E-state index contributed by atoms with van der Waals surface area (Å²) in [7, 11) is 0. The fourth-order valence-electron chi connectivity index (χ4n) is 4.39. The van der Waals surface area contributed by atoms with Crippen molar-refractivity contribution < 1.29 is 28.2 Å². The van der Waals surface area contributed by atoms with Crippen molar-refractivity contribution in [3.05, 3.63) is 69.0 Å². The van der Waals surface area contributed by atoms with E-state index in [0.29, 0.717) is 24.5 Å². The smallest absolute Gasteiger partial charge is 0.303 e. The second-order valence-corrected chi connectivity index (χ2v) is 9.68. The number of hydrogen-bond donors (Lipinski definition) is 2. The van der Waals surface area contributed by atoms with Gasteiger partial charge >= 0.3 is 5.97 Å². The molecule has 206 valence electrons. The van der Waals surface area contributed by atoms with Crippen molar-refractivity contribution in [3.63, 3.8) is 0 Å². The molecule has 1 aliphatic rings. The molecule has 0 spiro atoms. The van der Waals surface area contributed by atoms with Gasteiger partial charge in [0.1, 0.15) is 5.39 Å². The zero-order valence-electron chi connectivity index (χ0n) is 21.3. The van der Waals surface area contributed by atoms with Crippen LogP contribution in [0.4, 0.5) is 4.39 Å². The number of nitrogens with one attached hydrogen (secondary N) is 2. The lowest BCUT2D eigenvalue weighted by Gasteiger charge is -2.31. The van der Waals surface area contributed by atoms with E-state index < -0.39 is 23.3 Å². The minimum atomic E-state index is -0.709. The molecular weight excluding hydrogens is 531 g/mol. The van der Waals surface area contributed by atoms with Crippen molar-refractivity contribution in [1.29, 1.82) is 0 Å². The first-order valence-electron chi connectivity index (χ1n) is 12.5. The van der Waals surface area contributed by atoms with Crippen LogP contribution in [0.2, 0.25) is 5.02 Å². The van der Waals surface area contributed by atoms with Crippen LogP contribution in [0.15, 0.2) is 41.2 Å². The Balaban J connectivity index is 1.36. The first kappa shape index (κ1) is 28.0. The maximum absolute atomic E-state index is 14.7. The van der Waals surface area contributed by atoms with Crippen LogP contribution in [-0.2, 0) is 20.9 Å². The molecule has 2 amide bonds. The number of fused-ring (bicyclic) bond motifs is 1. The number of amides is 2. The van der Waals surface area contributed by atoms with Crippen molar-refractivity contribution in [3.8, 4) is 5.75 Å². The molecule has 1 fully saturated rings. The van der Waals surface area contributed by atoms with Crippen LogP contribution < -0.4 is 15.6 Å². The molecule has 1 saturated heterocycles. The number of halogens is 2. The number of piperidine rings is 1. The highest BCUT2D eigenvalue weighted by atomic mass is 35.5. The predicted molar refractivity (Wildman–Crippen MR) is 141 cm³/mol. The molecule has 0 radical (unpaired) electrons. The third-order valence-corrected chi connectivity index (χ3v) is 6.71. The Kier molecular flexibility index (Phi) is 9.13. The minimum absolute atomic E-state index is 0.0766. The van der Waals surface area contributed by atoms with Crippen LogP contribution in [0.25, 0.3) is 10.9 Å². The Morgan fingerprint density at radius 3 is 2.69 bits per heavy atom. The molecule has 0 saturated carbocycles. The third-order valence-electron chi connectivity index (χ3n) is 6.47. The van der Waals surface area contributed by atoms with E-state index >= 15 is 0 Å². The summed E-state index contributed by atoms with van der Waals surface area (Å²) in [4.78, 5) is 56.7. The van der Waals surface area contributed by atoms with Gasteiger partial charge in [0, 0.05) is 31.6 Å². The minimum Gasteiger partial charge on any atom is -0.490 e. The fraction of sp³-hybridized carbons (Fsp3) is 0.370. The number of esters is 1. The molecule has 1 aromatic heterocycles. The van der Waals surface area contributed by atoms with Gasteiger partial charge in [-0.05, 0) is 55.0 Å². The molecule has 2 aromatic carbocycles. The fourth-order valence-corrected chi connectivity index (χ4v) is 4.61. The maximum Gasteiger partial charge on any atom is 0.303 e. The largest absolute Gasteiger partial charge is 0.490 e. The summed E-state index contributed by atoms with van der Waals surface area (Å²) in [6.45, 7) is 2.37. The second-order valence-electron chi connectivity index (χ2n) is 9.24. The summed E-state index contributed by atoms with van der Waals surface area (Å²) in [5.74, 6) is -2.23. The van der Waals surface area contributed by atoms with Crippen molar-refractivity contribution in [1.82, 2.24) is 20.2 Å². The summed E-state index contributed by atoms with van der Waals surface area (Å²) >= 11 is 5.96. The van der Waals surface area contributed by atoms with Gasteiger partial charge in [0.05, 0.1) is 12.1 Å². The Hall–Kier alpha value is -3.99. The van der Waals surface area contributed by atoms with Gasteiger partial charge in [0.2, 0.25) is 0 Å². The summed E-state index contributed by atoms with van der Waals surface area (Å²) in [6.07, 6.45) is 2.04. The normalized spacial score (nSPS) is 13.8. The van der Waals surface area contributed by atoms with Gasteiger partial charge in [-0.1, -0.05) is 23.7 Å². The standard InChI is InChI=1S/C27H28ClFN4O6/c1-16(34)39-15-22(35)33-10-7-17(8-11-33)9-12-38-24-20(29)5-6-21-23(24)26(36)32-25(31-21)27(37)30-14-18-3-2-4-19(28)13-18/h2-6,13,17H,7-12,14-15H2,1H3,(H,30,37)(H,31,32,36). The van der Waals surface area contributed by atoms with Crippen LogP contribution in [0.3, 0.4) is 0 Å². The first-order chi connectivity index (χ1) is 18.7. The zero-order chi connectivity index (χ0) is 27.9. The zero-order valence-corrected chi connectivity index (χ0v) is 22.1. The number of nitrogens with zero attached hydrogens (tertiary/aromatic N) is 2. The van der Waals surface area contributed by atoms with E-state index in [2.05, 4.69) is 15.3 Å². The van der Waals surface area contributed by atoms with Gasteiger partial charge in [0.15, 0.2) is 24.0 Å². The van der Waals surface area contributed by atoms with Gasteiger partial charge in [-0.2, -0.15) is 0 Å². The van der Waals surface area contributed by atoms with Crippen molar-refractivity contribution in [2.75, 3.05) is 26.3 Å². The lowest BCUT2D eigenvalue weighted by molar-refractivity contribution is -0.150. The van der Waals surface area contributed by atoms with E-state index in [-0.39, 0.29) is 54.1 Å². The molecule has 2 heterocycles. The van der Waals surface area contributed by atoms with E-state index in [4.69, 9.17) is 21.1 Å². The molecule has 1 aliphatic heterocycles. The Labute approximate surface area is 228 Å². The molecule has 2 N–H and O–H groups in total. The van der Waals surface area contributed by atoms with Gasteiger partial charge in [0.25, 0.3) is 17.4 Å². The molecule has 0 aliphatic carbocycles. The number of ether oxygens (including phenoxy) is 2. The highest BCUT2D eigenvalue weighted by Gasteiger charge is 2.24. The molecular formula is C27H28ClFN4O6. The van der Waals surface area contributed by atoms with Gasteiger partial charge < -0.3 is 24.7 Å². The van der Waals surface area contributed by atoms with Gasteiger partial charge in [-0.3, -0.25) is 19.2 Å². The number of likely N-dealkylation sites (tertiary alicyclic amines) is 1. The van der Waals surface area contributed by atoms with Crippen molar-refractivity contribution in [2.45, 2.75) is 32.7 Å². The summed E-state index contributed by atoms with van der Waals surface area (Å²) in [5, 5.41) is 3.13. The molecule has 4 rings (SSSR count). The van der Waals surface area contributed by atoms with Crippen LogP contribution in [-0.4, -0.2) is 59.0 Å². The maximum atomic E-state index is 14.7. The number of rotatable bonds is 9. The summed E-state index contributed by atoms with van der Waals surface area (Å²) < 4.78 is 25.1. The first-order valence-corrected chi connectivity index (χ1v) is 12.9. The number of carbonyl (C=O) groups is 3. The summed E-state index contributed by atoms with van der Waals surface area (Å²) in [5.41, 5.74) is 0.209. The number of H-pyrrole nitrogens is 1. The molecule has 3 aromatic rings. The second kappa shape index (κ2) is 12.7. The van der Waals surface area contributed by atoms with Gasteiger partial charge in [-0.25, -0.2) is 9.37 Å². The van der Waals surface area contributed by atoms with Crippen molar-refractivity contribution >= 4 is 40.3 Å². The average molecular weight is 559 g/mol. The number of aromatic amines is 1. The SMILES string of the molecule is CC(=O)OCC(=O)N1CCC(CCOc2c(F)ccc3nc(C(=O)NCc4cccc(Cl)c4)[nH]c(=O)c23)CC1. The monoisotopic (exact) mass is 558 g/mol. The molecule has 0 unspecified atom stereocenters. The topological polar surface area (TPSA) is 131 Å². The Morgan fingerprint density at radius 1 is 1.21 bits per heavy atom.